The van der Waals surface area contributed by atoms with Crippen molar-refractivity contribution in [2.24, 2.45) is 0 Å². The second-order valence-electron chi connectivity index (χ2n) is 3.84. The molecular weight excluding hydrogens is 262 g/mol. The van der Waals surface area contributed by atoms with Crippen LogP contribution < -0.4 is 5.32 Å². The second-order valence-corrected chi connectivity index (χ2v) is 6.25. The summed E-state index contributed by atoms with van der Waals surface area (Å²) in [5.41, 5.74) is 2.02. The second kappa shape index (κ2) is 5.51. The third kappa shape index (κ3) is 4.36. The summed E-state index contributed by atoms with van der Waals surface area (Å²) in [5, 5.41) is 2.62. The monoisotopic (exact) mass is 275 g/mol. The lowest BCUT2D eigenvalue weighted by molar-refractivity contribution is -0.113. The topological polar surface area (TPSA) is 63.2 Å². The van der Waals surface area contributed by atoms with Crippen molar-refractivity contribution in [3.8, 4) is 0 Å². The highest BCUT2D eigenvalue weighted by atomic mass is 35.5. The van der Waals surface area contributed by atoms with Crippen molar-refractivity contribution in [1.82, 2.24) is 0 Å². The Kier molecular flexibility index (Phi) is 4.54. The van der Waals surface area contributed by atoms with E-state index in [9.17, 15) is 13.2 Å². The first-order valence-corrected chi connectivity index (χ1v) is 7.55. The Hall–Kier alpha value is -1.07. The third-order valence-corrected chi connectivity index (χ3v) is 3.34. The zero-order valence-corrected chi connectivity index (χ0v) is 11.2. The van der Waals surface area contributed by atoms with Crippen molar-refractivity contribution in [3.63, 3.8) is 0 Å². The van der Waals surface area contributed by atoms with Crippen molar-refractivity contribution in [3.05, 3.63) is 29.3 Å². The summed E-state index contributed by atoms with van der Waals surface area (Å²) in [6.45, 7) is 1.77. The summed E-state index contributed by atoms with van der Waals surface area (Å²) < 4.78 is 22.5. The number of amides is 1. The maximum Gasteiger partial charge on any atom is 0.239 e. The highest BCUT2D eigenvalue weighted by Gasteiger charge is 2.10. The van der Waals surface area contributed by atoms with Gasteiger partial charge in [-0.05, 0) is 24.1 Å². The van der Waals surface area contributed by atoms with Gasteiger partial charge in [0.15, 0.2) is 9.84 Å². The van der Waals surface area contributed by atoms with Crippen LogP contribution in [0.4, 0.5) is 5.69 Å². The lowest BCUT2D eigenvalue weighted by Crippen LogP contribution is -2.14. The molecule has 4 nitrogen and oxygen atoms in total. The maximum absolute atomic E-state index is 11.2. The number of hydrogen-bond acceptors (Lipinski definition) is 3. The van der Waals surface area contributed by atoms with Gasteiger partial charge in [0.25, 0.3) is 0 Å². The van der Waals surface area contributed by atoms with E-state index in [1.54, 1.807) is 25.1 Å². The average molecular weight is 276 g/mol. The van der Waals surface area contributed by atoms with Gasteiger partial charge in [-0.3, -0.25) is 4.79 Å². The molecule has 0 radical (unpaired) electrons. The SMILES string of the molecule is Cc1c(CS(C)(=O)=O)cccc1NC(=O)CCl. The van der Waals surface area contributed by atoms with Crippen molar-refractivity contribution in [2.75, 3.05) is 17.5 Å². The van der Waals surface area contributed by atoms with E-state index in [0.29, 0.717) is 11.3 Å². The first kappa shape index (κ1) is 14.0. The molecule has 0 aliphatic carbocycles. The molecule has 0 atom stereocenters. The summed E-state index contributed by atoms with van der Waals surface area (Å²) >= 11 is 5.39. The molecule has 0 fully saturated rings. The molecule has 94 valence electrons. The summed E-state index contributed by atoms with van der Waals surface area (Å²) in [4.78, 5) is 11.2. The van der Waals surface area contributed by atoms with Crippen LogP contribution in [0.5, 0.6) is 0 Å². The van der Waals surface area contributed by atoms with E-state index in [4.69, 9.17) is 11.6 Å². The van der Waals surface area contributed by atoms with Crippen LogP contribution in [0.3, 0.4) is 0 Å². The van der Waals surface area contributed by atoms with Crippen LogP contribution >= 0.6 is 11.6 Å². The van der Waals surface area contributed by atoms with Crippen LogP contribution in [0.1, 0.15) is 11.1 Å². The fourth-order valence-corrected chi connectivity index (χ4v) is 2.39. The molecule has 0 saturated carbocycles. The van der Waals surface area contributed by atoms with Crippen LogP contribution in [-0.4, -0.2) is 26.5 Å². The van der Waals surface area contributed by atoms with Crippen molar-refractivity contribution in [2.45, 2.75) is 12.7 Å². The molecule has 0 aliphatic rings. The quantitative estimate of drug-likeness (QED) is 0.851. The largest absolute Gasteiger partial charge is 0.325 e. The lowest BCUT2D eigenvalue weighted by atomic mass is 10.1. The third-order valence-electron chi connectivity index (χ3n) is 2.26. The number of carbonyl (C=O) groups is 1. The minimum atomic E-state index is -3.09. The molecule has 0 saturated heterocycles. The maximum atomic E-state index is 11.2. The lowest BCUT2D eigenvalue weighted by Gasteiger charge is -2.11. The Morgan fingerprint density at radius 2 is 2.06 bits per heavy atom. The van der Waals surface area contributed by atoms with Crippen LogP contribution in [-0.2, 0) is 20.4 Å². The molecule has 0 spiro atoms. The van der Waals surface area contributed by atoms with Gasteiger partial charge >= 0.3 is 0 Å². The first-order chi connectivity index (χ1) is 7.83. The average Bonchev–Trinajstić information content (AvgIpc) is 2.22. The Balaban J connectivity index is 3.03. The highest BCUT2D eigenvalue weighted by molar-refractivity contribution is 7.89. The molecule has 17 heavy (non-hydrogen) atoms. The molecule has 1 aromatic carbocycles. The molecule has 1 N–H and O–H groups in total. The van der Waals surface area contributed by atoms with E-state index in [1.165, 1.54) is 6.26 Å². The predicted octanol–water partition coefficient (Wildman–Crippen LogP) is 1.72. The number of rotatable bonds is 4. The van der Waals surface area contributed by atoms with Gasteiger partial charge in [0.2, 0.25) is 5.91 Å². The number of nitrogens with one attached hydrogen (secondary N) is 1. The van der Waals surface area contributed by atoms with E-state index in [1.807, 2.05) is 0 Å². The standard InChI is InChI=1S/C11H14ClNO3S/c1-8-9(7-17(2,15)16)4-3-5-10(8)13-11(14)6-12/h3-5H,6-7H2,1-2H3,(H,13,14). The van der Waals surface area contributed by atoms with Crippen LogP contribution in [0.25, 0.3) is 0 Å². The normalized spacial score (nSPS) is 11.2. The van der Waals surface area contributed by atoms with Gasteiger partial charge in [0.1, 0.15) is 5.88 Å². The van der Waals surface area contributed by atoms with Gasteiger partial charge in [-0.25, -0.2) is 8.42 Å². The van der Waals surface area contributed by atoms with Crippen molar-refractivity contribution >= 4 is 33.0 Å². The van der Waals surface area contributed by atoms with E-state index < -0.39 is 9.84 Å². The fraction of sp³-hybridized carbons (Fsp3) is 0.364. The van der Waals surface area contributed by atoms with Crippen molar-refractivity contribution < 1.29 is 13.2 Å². The number of sulfone groups is 1. The summed E-state index contributed by atoms with van der Waals surface area (Å²) in [7, 11) is -3.09. The highest BCUT2D eigenvalue weighted by Crippen LogP contribution is 2.20. The van der Waals surface area contributed by atoms with Crippen LogP contribution in [0.2, 0.25) is 0 Å². The molecule has 0 heterocycles. The van der Waals surface area contributed by atoms with Gasteiger partial charge in [0.05, 0.1) is 5.75 Å². The van der Waals surface area contributed by atoms with Gasteiger partial charge in [-0.15, -0.1) is 11.6 Å². The number of benzene rings is 1. The molecule has 1 rings (SSSR count). The molecule has 6 heteroatoms. The number of hydrogen-bond donors (Lipinski definition) is 1. The zero-order chi connectivity index (χ0) is 13.1. The van der Waals surface area contributed by atoms with Crippen LogP contribution in [0.15, 0.2) is 18.2 Å². The van der Waals surface area contributed by atoms with Gasteiger partial charge in [-0.1, -0.05) is 12.1 Å². The molecular formula is C11H14ClNO3S. The Morgan fingerprint density at radius 1 is 1.41 bits per heavy atom. The fourth-order valence-electron chi connectivity index (χ4n) is 1.44. The smallest absolute Gasteiger partial charge is 0.239 e. The number of anilines is 1. The summed E-state index contributed by atoms with van der Waals surface area (Å²) in [5.74, 6) is -0.481. The van der Waals surface area contributed by atoms with Gasteiger partial charge < -0.3 is 5.32 Å². The number of halogens is 1. The minimum Gasteiger partial charge on any atom is -0.325 e. The zero-order valence-electron chi connectivity index (χ0n) is 9.66. The predicted molar refractivity (Wildman–Crippen MR) is 69.1 cm³/mol. The molecule has 0 aromatic heterocycles. The molecule has 0 unspecified atom stereocenters. The van der Waals surface area contributed by atoms with Crippen LogP contribution in [0, 0.1) is 6.92 Å². The molecule has 0 aliphatic heterocycles. The van der Waals surface area contributed by atoms with E-state index in [2.05, 4.69) is 5.32 Å². The molecule has 1 amide bonds. The number of alkyl halides is 1. The van der Waals surface area contributed by atoms with E-state index in [-0.39, 0.29) is 17.5 Å². The molecule has 0 bridgehead atoms. The Morgan fingerprint density at radius 3 is 2.59 bits per heavy atom. The van der Waals surface area contributed by atoms with Crippen molar-refractivity contribution in [1.29, 1.82) is 0 Å². The summed E-state index contributed by atoms with van der Waals surface area (Å²) in [6.07, 6.45) is 1.18. The van der Waals surface area contributed by atoms with Gasteiger partial charge in [-0.2, -0.15) is 0 Å². The number of carbonyl (C=O) groups excluding carboxylic acids is 1. The Labute approximate surface area is 106 Å². The van der Waals surface area contributed by atoms with E-state index in [0.717, 1.165) is 5.56 Å². The summed E-state index contributed by atoms with van der Waals surface area (Å²) in [6, 6.07) is 5.15. The minimum absolute atomic E-state index is 0.0383. The first-order valence-electron chi connectivity index (χ1n) is 4.95. The molecule has 1 aromatic rings. The van der Waals surface area contributed by atoms with E-state index >= 15 is 0 Å². The van der Waals surface area contributed by atoms with Gasteiger partial charge in [0, 0.05) is 11.9 Å². The Bertz CT molecular complexity index is 526.